The van der Waals surface area contributed by atoms with Crippen LogP contribution in [0.1, 0.15) is 162 Å². The number of hydrogen-bond donors (Lipinski definition) is 6. The molecule has 1 aliphatic carbocycles. The highest BCUT2D eigenvalue weighted by Crippen LogP contribution is 2.47. The quantitative estimate of drug-likeness (QED) is 0.0118. The number of carbonyl (C=O) groups is 1. The molecule has 0 aromatic rings. The van der Waals surface area contributed by atoms with Gasteiger partial charge in [-0.1, -0.05) is 134 Å². The normalized spacial score (nSPS) is 23.4. The summed E-state index contributed by atoms with van der Waals surface area (Å²) < 4.78 is 33.8. The Morgan fingerprint density at radius 2 is 1.00 bits per heavy atom. The second kappa shape index (κ2) is 34.0. The Labute approximate surface area is 337 Å². The van der Waals surface area contributed by atoms with Gasteiger partial charge in [0.2, 0.25) is 0 Å². The molecular weight excluding hydrogens is 739 g/mol. The number of unbranched alkanes of at least 4 members (excludes halogenated alkanes) is 17. The van der Waals surface area contributed by atoms with Crippen LogP contribution in [-0.4, -0.2) is 92.3 Å². The van der Waals surface area contributed by atoms with E-state index in [1.165, 1.54) is 89.7 Å². The summed E-state index contributed by atoms with van der Waals surface area (Å²) >= 11 is 0. The van der Waals surface area contributed by atoms with Crippen LogP contribution in [0.4, 0.5) is 0 Å². The lowest BCUT2D eigenvalue weighted by atomic mass is 9.85. The summed E-state index contributed by atoms with van der Waals surface area (Å²) in [6.07, 6.45) is 28.4. The Bertz CT molecular complexity index is 1110. The van der Waals surface area contributed by atoms with Crippen molar-refractivity contribution in [3.05, 3.63) is 48.8 Å². The number of ether oxygens (including phenoxy) is 2. The van der Waals surface area contributed by atoms with E-state index >= 15 is 0 Å². The first-order chi connectivity index (χ1) is 27.0. The summed E-state index contributed by atoms with van der Waals surface area (Å²) in [4.78, 5) is 23.0. The molecule has 12 nitrogen and oxygen atoms in total. The van der Waals surface area contributed by atoms with Crippen molar-refractivity contribution >= 4 is 13.8 Å². The highest BCUT2D eigenvalue weighted by atomic mass is 31.2. The highest BCUT2D eigenvalue weighted by molar-refractivity contribution is 7.47. The van der Waals surface area contributed by atoms with Crippen molar-refractivity contribution in [3.8, 4) is 0 Å². The van der Waals surface area contributed by atoms with Crippen LogP contribution >= 0.6 is 7.82 Å². The lowest BCUT2D eigenvalue weighted by Gasteiger charge is -2.41. The lowest BCUT2D eigenvalue weighted by molar-refractivity contribution is -0.220. The number of hydrogen-bond acceptors (Lipinski definition) is 11. The van der Waals surface area contributed by atoms with Crippen molar-refractivity contribution in [3.63, 3.8) is 0 Å². The maximum absolute atomic E-state index is 12.8. The number of phosphoric acid groups is 1. The van der Waals surface area contributed by atoms with Crippen molar-refractivity contribution in [1.82, 2.24) is 0 Å². The van der Waals surface area contributed by atoms with Crippen LogP contribution in [0.25, 0.3) is 0 Å². The summed E-state index contributed by atoms with van der Waals surface area (Å²) in [5.74, 6) is -0.538. The third-order valence-corrected chi connectivity index (χ3v) is 10.8. The van der Waals surface area contributed by atoms with Crippen LogP contribution in [0.15, 0.2) is 48.8 Å². The third-order valence-electron chi connectivity index (χ3n) is 9.77. The van der Waals surface area contributed by atoms with Gasteiger partial charge in [0.05, 0.1) is 12.9 Å². The number of aliphatic hydroxyl groups is 5. The van der Waals surface area contributed by atoms with E-state index < -0.39 is 63.1 Å². The van der Waals surface area contributed by atoms with Crippen molar-refractivity contribution in [2.75, 3.05) is 13.2 Å². The molecule has 0 aliphatic heterocycles. The second-order valence-corrected chi connectivity index (χ2v) is 16.3. The Hall–Kier alpha value is -1.86. The van der Waals surface area contributed by atoms with Gasteiger partial charge in [-0.2, -0.15) is 0 Å². The fourth-order valence-electron chi connectivity index (χ4n) is 6.27. The first-order valence-electron chi connectivity index (χ1n) is 21.5. The first-order valence-corrected chi connectivity index (χ1v) is 23.0. The van der Waals surface area contributed by atoms with Crippen LogP contribution in [0, 0.1) is 0 Å². The fraction of sp³-hybridized carbons (Fsp3) is 0.791. The Kier molecular flexibility index (Phi) is 31.7. The van der Waals surface area contributed by atoms with Crippen LogP contribution in [0.3, 0.4) is 0 Å². The molecule has 6 unspecified atom stereocenters. The maximum Gasteiger partial charge on any atom is 0.472 e. The minimum Gasteiger partial charge on any atom is -0.498 e. The van der Waals surface area contributed by atoms with E-state index in [-0.39, 0.29) is 13.0 Å². The molecule has 0 spiro atoms. The van der Waals surface area contributed by atoms with E-state index in [1.54, 1.807) is 0 Å². The van der Waals surface area contributed by atoms with E-state index in [4.69, 9.17) is 18.5 Å². The highest BCUT2D eigenvalue weighted by Gasteiger charge is 2.51. The van der Waals surface area contributed by atoms with E-state index in [0.717, 1.165) is 51.4 Å². The van der Waals surface area contributed by atoms with Gasteiger partial charge in [-0.25, -0.2) is 4.57 Å². The van der Waals surface area contributed by atoms with E-state index in [0.29, 0.717) is 6.42 Å². The molecule has 0 aromatic heterocycles. The van der Waals surface area contributed by atoms with Gasteiger partial charge < -0.3 is 39.9 Å². The zero-order chi connectivity index (χ0) is 41.3. The van der Waals surface area contributed by atoms with Crippen LogP contribution in [0.5, 0.6) is 0 Å². The molecule has 0 aromatic carbocycles. The van der Waals surface area contributed by atoms with Crippen LogP contribution in [0.2, 0.25) is 0 Å². The van der Waals surface area contributed by atoms with E-state index in [2.05, 4.69) is 50.3 Å². The average molecular weight is 817 g/mol. The van der Waals surface area contributed by atoms with Gasteiger partial charge in [0.15, 0.2) is 6.10 Å². The van der Waals surface area contributed by atoms with E-state index in [9.17, 15) is 39.8 Å². The van der Waals surface area contributed by atoms with Crippen molar-refractivity contribution < 1.29 is 58.3 Å². The van der Waals surface area contributed by atoms with Crippen molar-refractivity contribution in [1.29, 1.82) is 0 Å². The summed E-state index contributed by atoms with van der Waals surface area (Å²) in [5, 5.41) is 50.0. The Morgan fingerprint density at radius 3 is 1.55 bits per heavy atom. The molecule has 1 saturated carbocycles. The van der Waals surface area contributed by atoms with E-state index in [1.807, 2.05) is 6.08 Å². The third kappa shape index (κ3) is 26.2. The lowest BCUT2D eigenvalue weighted by Crippen LogP contribution is -2.64. The van der Waals surface area contributed by atoms with Gasteiger partial charge in [-0.3, -0.25) is 13.8 Å². The number of phosphoric ester groups is 1. The zero-order valence-corrected chi connectivity index (χ0v) is 35.3. The Morgan fingerprint density at radius 1 is 0.571 bits per heavy atom. The fourth-order valence-corrected chi connectivity index (χ4v) is 7.24. The standard InChI is InChI=1S/C43H77O12P/c1-3-5-7-9-11-13-15-17-19-20-22-24-26-28-30-32-37(44)54-36(34-52-33-31-29-27-25-23-21-18-16-14-12-10-8-6-4-2)35-53-56(50,51)55-43-41(48)39(46)38(45)40(47)42(43)49/h11,13,17,19,22,24,31,33,36,38-43,45-49H,3-10,12,14-16,18,20-21,23,25-30,32,34-35H2,1-2H3,(H,50,51)/b13-11-,19-17-,24-22-,33-31-/t36-,38?,39-,40?,41?,42?,43?/m1/s1. The number of carbonyl (C=O) groups excluding carboxylic acids is 1. The van der Waals surface area contributed by atoms with Crippen LogP contribution in [-0.2, 0) is 27.9 Å². The largest absolute Gasteiger partial charge is 0.498 e. The molecule has 0 saturated heterocycles. The molecule has 0 amide bonds. The number of aliphatic hydroxyl groups excluding tert-OH is 5. The van der Waals surface area contributed by atoms with Gasteiger partial charge in [-0.15, -0.1) is 0 Å². The van der Waals surface area contributed by atoms with Gasteiger partial charge >= 0.3 is 13.8 Å². The molecule has 1 fully saturated rings. The molecule has 0 bridgehead atoms. The predicted molar refractivity (Wildman–Crippen MR) is 221 cm³/mol. The zero-order valence-electron chi connectivity index (χ0n) is 34.4. The number of rotatable bonds is 35. The van der Waals surface area contributed by atoms with Gasteiger partial charge in [0.25, 0.3) is 0 Å². The van der Waals surface area contributed by atoms with Gasteiger partial charge in [-0.05, 0) is 63.9 Å². The number of allylic oxidation sites excluding steroid dienone is 7. The second-order valence-electron chi connectivity index (χ2n) is 14.9. The summed E-state index contributed by atoms with van der Waals surface area (Å²) in [6, 6.07) is 0. The minimum atomic E-state index is -5.04. The van der Waals surface area contributed by atoms with Gasteiger partial charge in [0, 0.05) is 6.42 Å². The molecule has 1 rings (SSSR count). The summed E-state index contributed by atoms with van der Waals surface area (Å²) in [7, 11) is -5.04. The predicted octanol–water partition coefficient (Wildman–Crippen LogP) is 8.43. The molecular formula is C43H77O12P. The van der Waals surface area contributed by atoms with Gasteiger partial charge in [0.1, 0.15) is 43.2 Å². The first kappa shape index (κ1) is 52.2. The molecule has 326 valence electrons. The maximum atomic E-state index is 12.8. The monoisotopic (exact) mass is 817 g/mol. The molecule has 56 heavy (non-hydrogen) atoms. The molecule has 0 radical (unpaired) electrons. The van der Waals surface area contributed by atoms with Crippen molar-refractivity contribution in [2.45, 2.75) is 204 Å². The molecule has 13 heteroatoms. The SMILES string of the molecule is CCCCC/C=C\C/C=C\C/C=C\CCCCC(=O)O[C@H](CO/C=C\CCCCCCCCCCCCCC)COP(=O)(O)OC1C(O)C(O)C(O)[C@@H](O)C1O. The number of esters is 1. The molecule has 1 aliphatic rings. The van der Waals surface area contributed by atoms with Crippen molar-refractivity contribution in [2.24, 2.45) is 0 Å². The molecule has 0 heterocycles. The average Bonchev–Trinajstić information content (AvgIpc) is 3.18. The van der Waals surface area contributed by atoms with Crippen LogP contribution < -0.4 is 0 Å². The smallest absolute Gasteiger partial charge is 0.472 e. The summed E-state index contributed by atoms with van der Waals surface area (Å²) in [6.45, 7) is 3.64. The molecule has 6 N–H and O–H groups in total. The summed E-state index contributed by atoms with van der Waals surface area (Å²) in [5.41, 5.74) is 0. The molecule has 8 atom stereocenters. The topological polar surface area (TPSA) is 192 Å². The minimum absolute atomic E-state index is 0.121. The Balaban J connectivity index is 2.50.